The van der Waals surface area contributed by atoms with E-state index in [0.29, 0.717) is 37.2 Å². The Morgan fingerprint density at radius 2 is 1.57 bits per heavy atom. The van der Waals surface area contributed by atoms with Crippen LogP contribution in [0.15, 0.2) is 29.4 Å². The number of aromatic nitrogens is 3. The Kier molecular flexibility index (Phi) is 7.67. The molecule has 4 N–H and O–H groups in total. The van der Waals surface area contributed by atoms with Crippen LogP contribution in [0, 0.1) is 0 Å². The molecule has 0 unspecified atom stereocenters. The fourth-order valence-corrected chi connectivity index (χ4v) is 2.30. The summed E-state index contributed by atoms with van der Waals surface area (Å²) in [5.74, 6) is -0.0522. The minimum atomic E-state index is -4.89. The van der Waals surface area contributed by atoms with Gasteiger partial charge < -0.3 is 11.5 Å². The fraction of sp³-hybridized carbons (Fsp3) is 0.400. The van der Waals surface area contributed by atoms with Gasteiger partial charge in [0.1, 0.15) is 0 Å². The van der Waals surface area contributed by atoms with Crippen molar-refractivity contribution < 1.29 is 26.3 Å². The first-order valence-corrected chi connectivity index (χ1v) is 7.68. The minimum Gasteiger partial charge on any atom is -0.370 e. The summed E-state index contributed by atoms with van der Waals surface area (Å²) >= 11 is 0. The predicted molar refractivity (Wildman–Crippen MR) is 91.8 cm³/mol. The Balaban J connectivity index is 0.00000392. The van der Waals surface area contributed by atoms with E-state index in [1.54, 1.807) is 0 Å². The highest BCUT2D eigenvalue weighted by Gasteiger charge is 2.36. The van der Waals surface area contributed by atoms with Gasteiger partial charge in [-0.05, 0) is 36.6 Å². The molecule has 0 aliphatic carbocycles. The molecule has 0 fully saturated rings. The summed E-state index contributed by atoms with van der Waals surface area (Å²) in [7, 11) is 0. The molecule has 0 amide bonds. The highest BCUT2D eigenvalue weighted by molar-refractivity contribution is 5.85. The number of hydrogen-bond donors (Lipinski definition) is 2. The maximum atomic E-state index is 12.9. The average Bonchev–Trinajstić information content (AvgIpc) is 2.97. The van der Waals surface area contributed by atoms with Gasteiger partial charge in [0.15, 0.2) is 5.96 Å². The average molecular weight is 431 g/mol. The zero-order valence-corrected chi connectivity index (χ0v) is 15.1. The first-order valence-electron chi connectivity index (χ1n) is 7.68. The molecule has 0 spiro atoms. The zero-order valence-electron chi connectivity index (χ0n) is 14.3. The molecule has 13 heteroatoms. The van der Waals surface area contributed by atoms with Crippen LogP contribution in [0.3, 0.4) is 0 Å². The first kappa shape index (κ1) is 23.5. The summed E-state index contributed by atoms with van der Waals surface area (Å²) in [6.45, 7) is 0.0751. The van der Waals surface area contributed by atoms with Gasteiger partial charge in [-0.25, -0.2) is 4.68 Å². The Labute approximate surface area is 162 Å². The maximum absolute atomic E-state index is 12.9. The summed E-state index contributed by atoms with van der Waals surface area (Å²) < 4.78 is 78.4. The molecule has 0 saturated carbocycles. The van der Waals surface area contributed by atoms with Crippen LogP contribution in [0.5, 0.6) is 0 Å². The van der Waals surface area contributed by atoms with Crippen molar-refractivity contribution in [1.82, 2.24) is 15.0 Å². The molecule has 1 aromatic carbocycles. The van der Waals surface area contributed by atoms with E-state index in [9.17, 15) is 26.3 Å². The lowest BCUT2D eigenvalue weighted by Crippen LogP contribution is -2.23. The van der Waals surface area contributed by atoms with Crippen molar-refractivity contribution in [2.45, 2.75) is 31.7 Å². The maximum Gasteiger partial charge on any atom is 0.416 e. The number of aryl methyl sites for hydroxylation is 1. The monoisotopic (exact) mass is 430 g/mol. The van der Waals surface area contributed by atoms with Crippen LogP contribution in [0.4, 0.5) is 26.3 Å². The Bertz CT molecular complexity index is 778. The number of alkyl halides is 6. The van der Waals surface area contributed by atoms with Gasteiger partial charge in [0.05, 0.1) is 23.4 Å². The van der Waals surface area contributed by atoms with Crippen LogP contribution < -0.4 is 11.5 Å². The number of rotatable bonds is 6. The van der Waals surface area contributed by atoms with Crippen molar-refractivity contribution >= 4 is 18.4 Å². The van der Waals surface area contributed by atoms with E-state index in [-0.39, 0.29) is 36.5 Å². The van der Waals surface area contributed by atoms with Crippen molar-refractivity contribution in [3.63, 3.8) is 0 Å². The van der Waals surface area contributed by atoms with E-state index in [4.69, 9.17) is 11.5 Å². The number of hydrogen-bond acceptors (Lipinski definition) is 3. The van der Waals surface area contributed by atoms with Crippen LogP contribution in [0.2, 0.25) is 0 Å². The van der Waals surface area contributed by atoms with Crippen LogP contribution in [-0.4, -0.2) is 27.5 Å². The Morgan fingerprint density at radius 1 is 1.00 bits per heavy atom. The van der Waals surface area contributed by atoms with Gasteiger partial charge >= 0.3 is 12.4 Å². The van der Waals surface area contributed by atoms with E-state index in [1.165, 1.54) is 10.9 Å². The first-order chi connectivity index (χ1) is 12.4. The standard InChI is InChI=1S/C15H16F6N6.ClH/c16-14(17,18)10-4-9(5-11(6-10)15(19,20)21)7-27-8-12(25-26-27)2-1-3-24-13(22)23;/h4-6,8H,1-3,7H2,(H4,22,23,24);1H. The number of aliphatic imine (C=N–C) groups is 1. The van der Waals surface area contributed by atoms with Crippen LogP contribution in [-0.2, 0) is 25.3 Å². The smallest absolute Gasteiger partial charge is 0.370 e. The molecule has 156 valence electrons. The van der Waals surface area contributed by atoms with Gasteiger partial charge in [-0.3, -0.25) is 4.99 Å². The molecule has 6 nitrogen and oxygen atoms in total. The zero-order chi connectivity index (χ0) is 20.2. The lowest BCUT2D eigenvalue weighted by atomic mass is 10.0. The lowest BCUT2D eigenvalue weighted by molar-refractivity contribution is -0.143. The fourth-order valence-electron chi connectivity index (χ4n) is 2.30. The second kappa shape index (κ2) is 9.13. The van der Waals surface area contributed by atoms with E-state index in [1.807, 2.05) is 0 Å². The van der Waals surface area contributed by atoms with Gasteiger partial charge in [0.2, 0.25) is 0 Å². The van der Waals surface area contributed by atoms with Gasteiger partial charge in [0, 0.05) is 12.7 Å². The van der Waals surface area contributed by atoms with Crippen LogP contribution >= 0.6 is 12.4 Å². The van der Waals surface area contributed by atoms with E-state index in [2.05, 4.69) is 15.3 Å². The molecular formula is C15H17ClF6N6. The number of halogens is 7. The Morgan fingerprint density at radius 3 is 2.07 bits per heavy atom. The predicted octanol–water partition coefficient (Wildman–Crippen LogP) is 2.99. The van der Waals surface area contributed by atoms with Gasteiger partial charge in [-0.15, -0.1) is 17.5 Å². The summed E-state index contributed by atoms with van der Waals surface area (Å²) in [4.78, 5) is 3.78. The third-order valence-corrected chi connectivity index (χ3v) is 3.46. The summed E-state index contributed by atoms with van der Waals surface area (Å²) in [5, 5.41) is 7.56. The SMILES string of the molecule is Cl.NC(N)=NCCCc1cn(Cc2cc(C(F)(F)F)cc(C(F)(F)F)c2)nn1. The van der Waals surface area contributed by atoms with Crippen LogP contribution in [0.1, 0.15) is 28.8 Å². The molecule has 1 heterocycles. The molecule has 0 bridgehead atoms. The summed E-state index contributed by atoms with van der Waals surface area (Å²) in [5.41, 5.74) is 7.96. The Hall–Kier alpha value is -2.50. The topological polar surface area (TPSA) is 95.1 Å². The van der Waals surface area contributed by atoms with Crippen molar-refractivity contribution in [2.24, 2.45) is 16.5 Å². The number of nitrogens with two attached hydrogens (primary N) is 2. The molecule has 0 atom stereocenters. The largest absolute Gasteiger partial charge is 0.416 e. The lowest BCUT2D eigenvalue weighted by Gasteiger charge is -2.14. The summed E-state index contributed by atoms with van der Waals surface area (Å²) in [6.07, 6.45) is -7.33. The quantitative estimate of drug-likeness (QED) is 0.319. The minimum absolute atomic E-state index is 0. The van der Waals surface area contributed by atoms with Crippen LogP contribution in [0.25, 0.3) is 0 Å². The van der Waals surface area contributed by atoms with Crippen molar-refractivity contribution in [3.05, 3.63) is 46.8 Å². The molecule has 2 aromatic rings. The van der Waals surface area contributed by atoms with E-state index in [0.717, 1.165) is 0 Å². The molecule has 0 saturated heterocycles. The molecule has 28 heavy (non-hydrogen) atoms. The number of benzene rings is 1. The highest BCUT2D eigenvalue weighted by Crippen LogP contribution is 2.36. The molecule has 0 radical (unpaired) electrons. The van der Waals surface area contributed by atoms with E-state index < -0.39 is 23.5 Å². The highest BCUT2D eigenvalue weighted by atomic mass is 35.5. The summed E-state index contributed by atoms with van der Waals surface area (Å²) in [6, 6.07) is 1.41. The van der Waals surface area contributed by atoms with Crippen molar-refractivity contribution in [3.8, 4) is 0 Å². The van der Waals surface area contributed by atoms with Gasteiger partial charge in [-0.1, -0.05) is 5.21 Å². The number of guanidine groups is 1. The van der Waals surface area contributed by atoms with Gasteiger partial charge in [-0.2, -0.15) is 26.3 Å². The molecule has 2 rings (SSSR count). The number of nitrogens with zero attached hydrogens (tertiary/aromatic N) is 4. The normalized spacial score (nSPS) is 11.8. The molecular weight excluding hydrogens is 414 g/mol. The molecule has 1 aromatic heterocycles. The van der Waals surface area contributed by atoms with E-state index >= 15 is 0 Å². The van der Waals surface area contributed by atoms with Crippen molar-refractivity contribution in [1.29, 1.82) is 0 Å². The molecule has 0 aliphatic rings. The van der Waals surface area contributed by atoms with Crippen molar-refractivity contribution in [2.75, 3.05) is 6.54 Å². The van der Waals surface area contributed by atoms with Gasteiger partial charge in [0.25, 0.3) is 0 Å². The second-order valence-electron chi connectivity index (χ2n) is 5.73. The third kappa shape index (κ3) is 6.91. The third-order valence-electron chi connectivity index (χ3n) is 3.46. The molecule has 0 aliphatic heterocycles. The second-order valence-corrected chi connectivity index (χ2v) is 5.73.